The highest BCUT2D eigenvalue weighted by Crippen LogP contribution is 2.63. The van der Waals surface area contributed by atoms with Crippen LogP contribution >= 0.6 is 7.67 Å². The van der Waals surface area contributed by atoms with Gasteiger partial charge >= 0.3 is 13.4 Å². The van der Waals surface area contributed by atoms with Gasteiger partial charge in [-0.1, -0.05) is 12.1 Å². The predicted octanol–water partition coefficient (Wildman–Crippen LogP) is 3.56. The second-order valence-corrected chi connectivity index (χ2v) is 9.63. The number of nitrogens with one attached hydrogen (secondary N) is 1. The van der Waals surface area contributed by atoms with E-state index in [9.17, 15) is 19.5 Å². The molecular formula is C20H23N4O6P. The molecule has 11 heteroatoms. The van der Waals surface area contributed by atoms with Crippen LogP contribution in [0.2, 0.25) is 0 Å². The van der Waals surface area contributed by atoms with Crippen molar-refractivity contribution in [1.82, 2.24) is 14.7 Å². The van der Waals surface area contributed by atoms with Crippen molar-refractivity contribution in [1.29, 1.82) is 0 Å². The van der Waals surface area contributed by atoms with Crippen LogP contribution in [-0.2, 0) is 9.09 Å². The molecule has 2 heterocycles. The molecule has 0 bridgehead atoms. The molecule has 2 fully saturated rings. The predicted molar refractivity (Wildman–Crippen MR) is 113 cm³/mol. The van der Waals surface area contributed by atoms with Crippen LogP contribution in [0.5, 0.6) is 11.5 Å². The summed E-state index contributed by atoms with van der Waals surface area (Å²) in [7, 11) is -1.57. The number of nitro groups is 1. The monoisotopic (exact) mass is 446 g/mol. The minimum absolute atomic E-state index is 0.0254. The van der Waals surface area contributed by atoms with Crippen LogP contribution in [0.25, 0.3) is 0 Å². The summed E-state index contributed by atoms with van der Waals surface area (Å²) >= 11 is 0. The van der Waals surface area contributed by atoms with Crippen LogP contribution in [0.15, 0.2) is 42.5 Å². The third-order valence-electron chi connectivity index (χ3n) is 5.09. The Balaban J connectivity index is 1.64. The average Bonchev–Trinajstić information content (AvgIpc) is 3.65. The minimum atomic E-state index is -3.06. The van der Waals surface area contributed by atoms with E-state index in [1.54, 1.807) is 46.6 Å². The standard InChI is InChI=1S/C20H23N4O6P/c1-14(30-31(28,22-9-10-22)23-11-12-23)15-7-8-17(24(26)27)19(13-15)29-18-6-4-3-5-16(18)20(25)21-2/h3-8,13-14H,9-12H2,1-2H3,(H,21,25). The lowest BCUT2D eigenvalue weighted by Crippen LogP contribution is -2.18. The largest absolute Gasteiger partial charge is 0.449 e. The van der Waals surface area contributed by atoms with Crippen LogP contribution in [0.4, 0.5) is 5.69 Å². The lowest BCUT2D eigenvalue weighted by molar-refractivity contribution is -0.385. The normalized spacial score (nSPS) is 17.1. The van der Waals surface area contributed by atoms with Gasteiger partial charge in [0.05, 0.1) is 16.6 Å². The summed E-state index contributed by atoms with van der Waals surface area (Å²) in [5.74, 6) is -0.207. The highest BCUT2D eigenvalue weighted by atomic mass is 31.2. The molecule has 1 unspecified atom stereocenters. The maximum atomic E-state index is 13.3. The lowest BCUT2D eigenvalue weighted by Gasteiger charge is -2.24. The Labute approximate surface area is 179 Å². The summed E-state index contributed by atoms with van der Waals surface area (Å²) in [5.41, 5.74) is 0.589. The van der Waals surface area contributed by atoms with Crippen molar-refractivity contribution in [3.8, 4) is 11.5 Å². The van der Waals surface area contributed by atoms with Crippen LogP contribution in [-0.4, -0.2) is 53.4 Å². The molecule has 0 spiro atoms. The van der Waals surface area contributed by atoms with Crippen molar-refractivity contribution in [3.05, 3.63) is 63.7 Å². The number of amides is 1. The van der Waals surface area contributed by atoms with E-state index in [2.05, 4.69) is 5.32 Å². The molecule has 31 heavy (non-hydrogen) atoms. The van der Waals surface area contributed by atoms with Gasteiger partial charge in [0.1, 0.15) is 5.75 Å². The molecule has 0 aromatic heterocycles. The number of nitrogens with zero attached hydrogens (tertiary/aromatic N) is 3. The number of benzene rings is 2. The molecule has 0 radical (unpaired) electrons. The summed E-state index contributed by atoms with van der Waals surface area (Å²) in [6.07, 6.45) is -0.579. The Morgan fingerprint density at radius 1 is 1.13 bits per heavy atom. The quantitative estimate of drug-likeness (QED) is 0.269. The van der Waals surface area contributed by atoms with Gasteiger partial charge in [-0.15, -0.1) is 0 Å². The van der Waals surface area contributed by atoms with E-state index in [4.69, 9.17) is 9.26 Å². The molecule has 0 aliphatic carbocycles. The lowest BCUT2D eigenvalue weighted by atomic mass is 10.1. The van der Waals surface area contributed by atoms with Crippen molar-refractivity contribution in [2.24, 2.45) is 0 Å². The molecule has 2 aromatic rings. The van der Waals surface area contributed by atoms with Gasteiger partial charge in [0.2, 0.25) is 5.75 Å². The zero-order valence-electron chi connectivity index (χ0n) is 17.2. The van der Waals surface area contributed by atoms with Crippen molar-refractivity contribution >= 4 is 19.3 Å². The van der Waals surface area contributed by atoms with Crippen molar-refractivity contribution in [2.75, 3.05) is 33.2 Å². The Morgan fingerprint density at radius 2 is 1.77 bits per heavy atom. The van der Waals surface area contributed by atoms with E-state index in [0.717, 1.165) is 26.2 Å². The van der Waals surface area contributed by atoms with Crippen LogP contribution in [0.1, 0.15) is 28.9 Å². The van der Waals surface area contributed by atoms with Gasteiger partial charge in [-0.25, -0.2) is 9.34 Å². The second-order valence-electron chi connectivity index (χ2n) is 7.31. The van der Waals surface area contributed by atoms with Gasteiger partial charge in [0.25, 0.3) is 5.91 Å². The van der Waals surface area contributed by atoms with E-state index in [0.29, 0.717) is 5.56 Å². The van der Waals surface area contributed by atoms with E-state index >= 15 is 0 Å². The Kier molecular flexibility index (Phi) is 5.81. The van der Waals surface area contributed by atoms with Crippen molar-refractivity contribution in [3.63, 3.8) is 0 Å². The van der Waals surface area contributed by atoms with Gasteiger partial charge < -0.3 is 10.1 Å². The molecule has 1 N–H and O–H groups in total. The first-order valence-electron chi connectivity index (χ1n) is 9.90. The number of rotatable bonds is 9. The zero-order chi connectivity index (χ0) is 22.2. The maximum Gasteiger partial charge on any atom is 0.346 e. The first-order chi connectivity index (χ1) is 14.8. The van der Waals surface area contributed by atoms with E-state index in [1.165, 1.54) is 19.2 Å². The molecule has 2 aliphatic rings. The number of para-hydroxylation sites is 1. The van der Waals surface area contributed by atoms with Gasteiger partial charge in [-0.2, -0.15) is 0 Å². The molecular weight excluding hydrogens is 423 g/mol. The van der Waals surface area contributed by atoms with Crippen molar-refractivity contribution < 1.29 is 23.5 Å². The third-order valence-corrected chi connectivity index (χ3v) is 7.91. The highest BCUT2D eigenvalue weighted by molar-refractivity contribution is 7.54. The fraction of sp³-hybridized carbons (Fsp3) is 0.350. The van der Waals surface area contributed by atoms with Gasteiger partial charge in [-0.05, 0) is 36.8 Å². The Hall–Kier alpha value is -2.78. The molecule has 1 amide bonds. The number of ether oxygens (including phenoxy) is 1. The molecule has 2 aromatic carbocycles. The second kappa shape index (κ2) is 8.39. The van der Waals surface area contributed by atoms with Crippen LogP contribution in [0, 0.1) is 10.1 Å². The first-order valence-corrected chi connectivity index (χ1v) is 11.4. The topological polar surface area (TPSA) is 114 Å². The van der Waals surface area contributed by atoms with E-state index in [1.807, 2.05) is 0 Å². The first kappa shape index (κ1) is 21.5. The van der Waals surface area contributed by atoms with Crippen molar-refractivity contribution in [2.45, 2.75) is 13.0 Å². The number of carbonyl (C=O) groups is 1. The average molecular weight is 446 g/mol. The molecule has 164 valence electrons. The minimum Gasteiger partial charge on any atom is -0.449 e. The maximum absolute atomic E-state index is 13.3. The number of nitro benzene ring substituents is 1. The van der Waals surface area contributed by atoms with Gasteiger partial charge in [-0.3, -0.25) is 24.0 Å². The summed E-state index contributed by atoms with van der Waals surface area (Å²) in [6.45, 7) is 4.66. The molecule has 2 saturated heterocycles. The van der Waals surface area contributed by atoms with Crippen LogP contribution in [0.3, 0.4) is 0 Å². The Morgan fingerprint density at radius 3 is 2.35 bits per heavy atom. The van der Waals surface area contributed by atoms with Gasteiger partial charge in [0, 0.05) is 39.3 Å². The SMILES string of the molecule is CNC(=O)c1ccccc1Oc1cc(C(C)OP(=O)(N2CC2)N2CC2)ccc1[N+](=O)[O-]. The number of carbonyl (C=O) groups excluding carboxylic acids is 1. The summed E-state index contributed by atoms with van der Waals surface area (Å²) < 4.78 is 28.7. The van der Waals surface area contributed by atoms with Crippen LogP contribution < -0.4 is 10.1 Å². The number of hydrogen-bond donors (Lipinski definition) is 1. The number of hydrogen-bond acceptors (Lipinski definition) is 6. The molecule has 4 rings (SSSR count). The third kappa shape index (κ3) is 4.47. The molecule has 2 aliphatic heterocycles. The van der Waals surface area contributed by atoms with E-state index < -0.39 is 18.7 Å². The van der Waals surface area contributed by atoms with E-state index in [-0.39, 0.29) is 28.7 Å². The molecule has 1 atom stereocenters. The highest BCUT2D eigenvalue weighted by Gasteiger charge is 2.50. The fourth-order valence-electron chi connectivity index (χ4n) is 3.19. The summed E-state index contributed by atoms with van der Waals surface area (Å²) in [6, 6.07) is 10.9. The molecule has 10 nitrogen and oxygen atoms in total. The fourth-order valence-corrected chi connectivity index (χ4v) is 5.53. The summed E-state index contributed by atoms with van der Waals surface area (Å²) in [4.78, 5) is 23.1. The smallest absolute Gasteiger partial charge is 0.346 e. The Bertz CT molecular complexity index is 1050. The zero-order valence-corrected chi connectivity index (χ0v) is 18.1. The summed E-state index contributed by atoms with van der Waals surface area (Å²) in [5, 5.41) is 14.1. The van der Waals surface area contributed by atoms with Gasteiger partial charge in [0.15, 0.2) is 0 Å². The molecule has 0 saturated carbocycles.